The molecule has 0 aliphatic carbocycles. The number of primary sulfonamides is 1. The van der Waals surface area contributed by atoms with Crippen LogP contribution in [0.3, 0.4) is 0 Å². The molecule has 1 aromatic heterocycles. The average molecular weight is 495 g/mol. The Balaban J connectivity index is 1.93. The van der Waals surface area contributed by atoms with Crippen molar-refractivity contribution < 1.29 is 8.42 Å². The summed E-state index contributed by atoms with van der Waals surface area (Å²) in [5.74, 6) is 0.714. The zero-order valence-corrected chi connectivity index (χ0v) is 21.4. The molecule has 35 heavy (non-hydrogen) atoms. The van der Waals surface area contributed by atoms with Crippen molar-refractivity contribution in [2.45, 2.75) is 33.1 Å². The molecule has 0 radical (unpaired) electrons. The van der Waals surface area contributed by atoms with Crippen LogP contribution in [0.5, 0.6) is 0 Å². The third-order valence-electron chi connectivity index (χ3n) is 5.51. The van der Waals surface area contributed by atoms with Crippen LogP contribution < -0.4 is 10.5 Å². The van der Waals surface area contributed by atoms with Crippen LogP contribution >= 0.6 is 0 Å². The van der Waals surface area contributed by atoms with Gasteiger partial charge in [0.1, 0.15) is 5.82 Å². The van der Waals surface area contributed by atoms with E-state index in [4.69, 9.17) is 10.1 Å². The largest absolute Gasteiger partial charge is 0.370 e. The molecule has 0 atom stereocenters. The highest BCUT2D eigenvalue weighted by Gasteiger charge is 2.14. The standard InChI is InChI=1S/C26H34N6O2S/c1-4-20(17-28-5-2)24-12-9-13-25(31-26(24)29-14-6-7-15-35(27,33)34)22-11-8-10-21(16-22)23-18-30-32(3)19-23/h4,8-12,16-19,29H,5-7,13-15H2,1-3H3,(H2,27,33,34)/b20-4+,28-17?. The second-order valence-electron chi connectivity index (χ2n) is 8.28. The third-order valence-corrected chi connectivity index (χ3v) is 6.37. The minimum absolute atomic E-state index is 0.0284. The molecule has 9 heteroatoms. The van der Waals surface area contributed by atoms with E-state index < -0.39 is 10.0 Å². The number of aromatic nitrogens is 2. The van der Waals surface area contributed by atoms with Gasteiger partial charge in [-0.15, -0.1) is 0 Å². The lowest BCUT2D eigenvalue weighted by Crippen LogP contribution is -2.20. The SMILES string of the molecule is C/C=C(\C=NCC)C1=C(NCCCCS(N)(=O)=O)N=C(c2cccc(-c3cnn(C)c3)c2)CC=C1. The summed E-state index contributed by atoms with van der Waals surface area (Å²) >= 11 is 0. The van der Waals surface area contributed by atoms with Crippen LogP contribution in [0.2, 0.25) is 0 Å². The normalized spacial score (nSPS) is 15.0. The number of aryl methyl sites for hydroxylation is 1. The van der Waals surface area contributed by atoms with Gasteiger partial charge < -0.3 is 5.32 Å². The molecule has 2 aromatic rings. The molecule has 2 heterocycles. The molecule has 0 saturated heterocycles. The molecule has 0 amide bonds. The quantitative estimate of drug-likeness (QED) is 0.366. The van der Waals surface area contributed by atoms with Crippen LogP contribution in [0, 0.1) is 0 Å². The Hall–Kier alpha value is -3.30. The van der Waals surface area contributed by atoms with Crippen molar-refractivity contribution >= 4 is 21.9 Å². The zero-order valence-electron chi connectivity index (χ0n) is 20.6. The van der Waals surface area contributed by atoms with Gasteiger partial charge in [-0.05, 0) is 49.5 Å². The van der Waals surface area contributed by atoms with Crippen molar-refractivity contribution in [2.24, 2.45) is 22.2 Å². The second kappa shape index (κ2) is 12.4. The topological polar surface area (TPSA) is 115 Å². The van der Waals surface area contributed by atoms with E-state index in [1.165, 1.54) is 0 Å². The lowest BCUT2D eigenvalue weighted by Gasteiger charge is -2.13. The summed E-state index contributed by atoms with van der Waals surface area (Å²) < 4.78 is 24.3. The monoisotopic (exact) mass is 494 g/mol. The minimum atomic E-state index is -3.46. The van der Waals surface area contributed by atoms with Crippen molar-refractivity contribution in [1.82, 2.24) is 15.1 Å². The van der Waals surface area contributed by atoms with E-state index >= 15 is 0 Å². The fourth-order valence-corrected chi connectivity index (χ4v) is 4.34. The molecule has 0 bridgehead atoms. The number of nitrogens with zero attached hydrogens (tertiary/aromatic N) is 4. The van der Waals surface area contributed by atoms with Crippen molar-refractivity contribution in [3.8, 4) is 11.1 Å². The van der Waals surface area contributed by atoms with Gasteiger partial charge >= 0.3 is 0 Å². The fourth-order valence-electron chi connectivity index (χ4n) is 3.73. The van der Waals surface area contributed by atoms with E-state index in [1.54, 1.807) is 4.68 Å². The highest BCUT2D eigenvalue weighted by Crippen LogP contribution is 2.24. The smallest absolute Gasteiger partial charge is 0.209 e. The number of sulfonamides is 1. The Bertz CT molecular complexity index is 1280. The molecule has 186 valence electrons. The first-order valence-corrected chi connectivity index (χ1v) is 13.5. The Labute approximate surface area is 208 Å². The molecule has 0 fully saturated rings. The molecule has 1 aliphatic heterocycles. The van der Waals surface area contributed by atoms with Gasteiger partial charge in [0.15, 0.2) is 0 Å². The van der Waals surface area contributed by atoms with Gasteiger partial charge in [-0.1, -0.05) is 36.4 Å². The maximum absolute atomic E-state index is 11.2. The zero-order chi connectivity index (χ0) is 25.3. The van der Waals surface area contributed by atoms with Crippen molar-refractivity contribution in [3.05, 3.63) is 77.4 Å². The van der Waals surface area contributed by atoms with Crippen LogP contribution in [-0.4, -0.2) is 49.0 Å². The van der Waals surface area contributed by atoms with Gasteiger partial charge in [-0.2, -0.15) is 5.10 Å². The number of nitrogens with one attached hydrogen (secondary N) is 1. The molecular formula is C26H34N6O2S. The van der Waals surface area contributed by atoms with Crippen LogP contribution in [0.15, 0.2) is 81.8 Å². The van der Waals surface area contributed by atoms with Crippen molar-refractivity contribution in [2.75, 3.05) is 18.8 Å². The van der Waals surface area contributed by atoms with Crippen molar-refractivity contribution in [1.29, 1.82) is 0 Å². The molecule has 1 aromatic carbocycles. The van der Waals surface area contributed by atoms with E-state index in [1.807, 2.05) is 51.6 Å². The summed E-state index contributed by atoms with van der Waals surface area (Å²) in [4.78, 5) is 9.47. The molecule has 0 saturated carbocycles. The second-order valence-corrected chi connectivity index (χ2v) is 10.0. The van der Waals surface area contributed by atoms with Gasteiger partial charge in [0.25, 0.3) is 0 Å². The molecule has 8 nitrogen and oxygen atoms in total. The number of aliphatic imine (C=N–C) groups is 2. The first-order chi connectivity index (χ1) is 16.8. The van der Waals surface area contributed by atoms with Crippen molar-refractivity contribution in [3.63, 3.8) is 0 Å². The van der Waals surface area contributed by atoms with E-state index in [2.05, 4.69) is 45.8 Å². The van der Waals surface area contributed by atoms with E-state index in [0.717, 1.165) is 39.4 Å². The molecule has 3 N–H and O–H groups in total. The number of hydrogen-bond acceptors (Lipinski definition) is 6. The van der Waals surface area contributed by atoms with Crippen LogP contribution in [0.25, 0.3) is 11.1 Å². The van der Waals surface area contributed by atoms with Gasteiger partial charge in [0.05, 0.1) is 17.7 Å². The first-order valence-electron chi connectivity index (χ1n) is 11.8. The highest BCUT2D eigenvalue weighted by atomic mass is 32.2. The van der Waals surface area contributed by atoms with Gasteiger partial charge in [0.2, 0.25) is 10.0 Å². The lowest BCUT2D eigenvalue weighted by molar-refractivity contribution is 0.591. The summed E-state index contributed by atoms with van der Waals surface area (Å²) in [6.45, 7) is 5.25. The van der Waals surface area contributed by atoms with Gasteiger partial charge in [-0.3, -0.25) is 9.67 Å². The number of nitrogens with two attached hydrogens (primary N) is 1. The number of allylic oxidation sites excluding steroid dienone is 5. The number of rotatable bonds is 11. The number of benzene rings is 1. The minimum Gasteiger partial charge on any atom is -0.370 e. The first kappa shape index (κ1) is 26.3. The molecular weight excluding hydrogens is 460 g/mol. The van der Waals surface area contributed by atoms with Gasteiger partial charge in [0, 0.05) is 50.1 Å². The average Bonchev–Trinajstić information content (AvgIpc) is 3.15. The van der Waals surface area contributed by atoms with Crippen LogP contribution in [0.1, 0.15) is 38.7 Å². The predicted molar refractivity (Wildman–Crippen MR) is 144 cm³/mol. The van der Waals surface area contributed by atoms with Crippen LogP contribution in [0.4, 0.5) is 0 Å². The summed E-state index contributed by atoms with van der Waals surface area (Å²) in [7, 11) is -1.55. The predicted octanol–water partition coefficient (Wildman–Crippen LogP) is 3.74. The molecule has 1 aliphatic rings. The summed E-state index contributed by atoms with van der Waals surface area (Å²) in [6.07, 6.45) is 13.7. The molecule has 0 spiro atoms. The Morgan fingerprint density at radius 1 is 1.26 bits per heavy atom. The molecule has 0 unspecified atom stereocenters. The summed E-state index contributed by atoms with van der Waals surface area (Å²) in [5.41, 5.74) is 6.04. The Kier molecular flexibility index (Phi) is 9.33. The maximum atomic E-state index is 11.2. The Morgan fingerprint density at radius 2 is 2.06 bits per heavy atom. The summed E-state index contributed by atoms with van der Waals surface area (Å²) in [5, 5.41) is 12.8. The van der Waals surface area contributed by atoms with Gasteiger partial charge in [-0.25, -0.2) is 18.5 Å². The molecule has 3 rings (SSSR count). The number of unbranched alkanes of at least 4 members (excludes halogenated alkanes) is 1. The lowest BCUT2D eigenvalue weighted by atomic mass is 10.0. The van der Waals surface area contributed by atoms with E-state index in [9.17, 15) is 8.42 Å². The third kappa shape index (κ3) is 7.87. The maximum Gasteiger partial charge on any atom is 0.209 e. The van der Waals surface area contributed by atoms with E-state index in [0.29, 0.717) is 32.4 Å². The Morgan fingerprint density at radius 3 is 2.74 bits per heavy atom. The number of hydrogen-bond donors (Lipinski definition) is 2. The van der Waals surface area contributed by atoms with E-state index in [-0.39, 0.29) is 5.75 Å². The highest BCUT2D eigenvalue weighted by molar-refractivity contribution is 7.89. The fraction of sp³-hybridized carbons (Fsp3) is 0.346. The summed E-state index contributed by atoms with van der Waals surface area (Å²) in [6, 6.07) is 8.30. The van der Waals surface area contributed by atoms with Crippen LogP contribution in [-0.2, 0) is 17.1 Å².